The lowest BCUT2D eigenvalue weighted by Gasteiger charge is -2.09. The summed E-state index contributed by atoms with van der Waals surface area (Å²) in [5.74, 6) is -0.575. The van der Waals surface area contributed by atoms with E-state index in [9.17, 15) is 22.8 Å². The standard InChI is InChI=1S/C19H17F3N6O3S/c20-19(21,22)31-15-8-6-14(7-9-15)28-18(25-26-27-28)32-11-10-16(29)24-17(30)23-12-13-4-2-1-3-5-13/h1-9H,10-12H2,(H2,23,24,29,30). The summed E-state index contributed by atoms with van der Waals surface area (Å²) in [4.78, 5) is 23.8. The molecule has 1 aromatic heterocycles. The molecule has 0 unspecified atom stereocenters. The monoisotopic (exact) mass is 466 g/mol. The molecule has 0 bridgehead atoms. The third-order valence-corrected chi connectivity index (χ3v) is 4.79. The van der Waals surface area contributed by atoms with Gasteiger partial charge in [-0.2, -0.15) is 4.68 Å². The minimum atomic E-state index is -4.78. The summed E-state index contributed by atoms with van der Waals surface area (Å²) in [6, 6.07) is 13.6. The van der Waals surface area contributed by atoms with Crippen LogP contribution in [0, 0.1) is 0 Å². The average molecular weight is 466 g/mol. The minimum absolute atomic E-state index is 0.0225. The van der Waals surface area contributed by atoms with Crippen LogP contribution in [-0.2, 0) is 11.3 Å². The third-order valence-electron chi connectivity index (χ3n) is 3.86. The Hall–Kier alpha value is -3.61. The number of tetrazole rings is 1. The molecule has 1 heterocycles. The van der Waals surface area contributed by atoms with Crippen molar-refractivity contribution >= 4 is 23.7 Å². The molecule has 0 saturated heterocycles. The topological polar surface area (TPSA) is 111 Å². The molecular weight excluding hydrogens is 449 g/mol. The highest BCUT2D eigenvalue weighted by Crippen LogP contribution is 2.25. The fraction of sp³-hybridized carbons (Fsp3) is 0.211. The Morgan fingerprint density at radius 1 is 1.06 bits per heavy atom. The van der Waals surface area contributed by atoms with Crippen molar-refractivity contribution in [1.82, 2.24) is 30.8 Å². The van der Waals surface area contributed by atoms with Crippen molar-refractivity contribution in [3.8, 4) is 11.4 Å². The summed E-state index contributed by atoms with van der Waals surface area (Å²) in [7, 11) is 0. The normalized spacial score (nSPS) is 11.1. The number of benzene rings is 2. The molecule has 13 heteroatoms. The Bertz CT molecular complexity index is 1040. The van der Waals surface area contributed by atoms with Crippen LogP contribution >= 0.6 is 11.8 Å². The van der Waals surface area contributed by atoms with Crippen molar-refractivity contribution in [2.45, 2.75) is 24.5 Å². The number of carbonyl (C=O) groups is 2. The number of nitrogens with zero attached hydrogens (tertiary/aromatic N) is 4. The minimum Gasteiger partial charge on any atom is -0.406 e. The first-order valence-electron chi connectivity index (χ1n) is 9.19. The predicted molar refractivity (Wildman–Crippen MR) is 108 cm³/mol. The molecule has 0 aliphatic carbocycles. The Morgan fingerprint density at radius 2 is 1.78 bits per heavy atom. The Kier molecular flexibility index (Phi) is 7.65. The van der Waals surface area contributed by atoms with E-state index < -0.39 is 18.3 Å². The number of urea groups is 1. The number of hydrogen-bond acceptors (Lipinski definition) is 7. The highest BCUT2D eigenvalue weighted by Gasteiger charge is 2.31. The lowest BCUT2D eigenvalue weighted by atomic mass is 10.2. The number of ether oxygens (including phenoxy) is 1. The van der Waals surface area contributed by atoms with E-state index in [1.165, 1.54) is 16.8 Å². The van der Waals surface area contributed by atoms with E-state index in [2.05, 4.69) is 30.9 Å². The smallest absolute Gasteiger partial charge is 0.406 e. The SMILES string of the molecule is O=C(CCSc1nnnn1-c1ccc(OC(F)(F)F)cc1)NC(=O)NCc1ccccc1. The molecule has 0 atom stereocenters. The van der Waals surface area contributed by atoms with Crippen LogP contribution in [0.15, 0.2) is 59.8 Å². The number of rotatable bonds is 8. The lowest BCUT2D eigenvalue weighted by molar-refractivity contribution is -0.274. The van der Waals surface area contributed by atoms with Crippen molar-refractivity contribution in [1.29, 1.82) is 0 Å². The average Bonchev–Trinajstić information content (AvgIpc) is 3.21. The maximum Gasteiger partial charge on any atom is 0.573 e. The lowest BCUT2D eigenvalue weighted by Crippen LogP contribution is -2.39. The van der Waals surface area contributed by atoms with Gasteiger partial charge >= 0.3 is 12.4 Å². The number of thioether (sulfide) groups is 1. The maximum absolute atomic E-state index is 12.3. The first-order valence-corrected chi connectivity index (χ1v) is 10.2. The highest BCUT2D eigenvalue weighted by molar-refractivity contribution is 7.99. The maximum atomic E-state index is 12.3. The zero-order valence-corrected chi connectivity index (χ0v) is 17.2. The summed E-state index contributed by atoms with van der Waals surface area (Å²) in [6.45, 7) is 0.288. The van der Waals surface area contributed by atoms with Crippen LogP contribution in [0.1, 0.15) is 12.0 Å². The van der Waals surface area contributed by atoms with Gasteiger partial charge in [0.1, 0.15) is 5.75 Å². The first kappa shape index (κ1) is 23.1. The summed E-state index contributed by atoms with van der Waals surface area (Å²) in [5.41, 5.74) is 1.31. The van der Waals surface area contributed by atoms with Crippen molar-refractivity contribution < 1.29 is 27.5 Å². The molecule has 3 rings (SSSR count). The fourth-order valence-electron chi connectivity index (χ4n) is 2.47. The third kappa shape index (κ3) is 7.27. The number of hydrogen-bond donors (Lipinski definition) is 2. The molecule has 0 aliphatic heterocycles. The first-order chi connectivity index (χ1) is 15.3. The number of aromatic nitrogens is 4. The number of alkyl halides is 3. The molecule has 0 saturated carbocycles. The number of halogens is 3. The van der Waals surface area contributed by atoms with Gasteiger partial charge in [-0.05, 0) is 40.3 Å². The zero-order valence-electron chi connectivity index (χ0n) is 16.4. The van der Waals surface area contributed by atoms with Crippen LogP contribution in [0.25, 0.3) is 5.69 Å². The molecule has 2 N–H and O–H groups in total. The van der Waals surface area contributed by atoms with Crippen molar-refractivity contribution in [2.24, 2.45) is 0 Å². The van der Waals surface area contributed by atoms with Gasteiger partial charge in [0.05, 0.1) is 5.69 Å². The van der Waals surface area contributed by atoms with Crippen LogP contribution in [-0.4, -0.2) is 44.3 Å². The van der Waals surface area contributed by atoms with Gasteiger partial charge in [0.25, 0.3) is 0 Å². The second-order valence-electron chi connectivity index (χ2n) is 6.23. The number of imide groups is 1. The Labute approximate surface area is 184 Å². The summed E-state index contributed by atoms with van der Waals surface area (Å²) in [6.07, 6.45) is -4.76. The van der Waals surface area contributed by atoms with E-state index in [4.69, 9.17) is 0 Å². The second kappa shape index (κ2) is 10.6. The molecule has 3 aromatic rings. The molecule has 0 aliphatic rings. The number of carbonyl (C=O) groups excluding carboxylic acids is 2. The van der Waals surface area contributed by atoms with E-state index in [1.807, 2.05) is 30.3 Å². The molecule has 168 valence electrons. The van der Waals surface area contributed by atoms with Crippen LogP contribution in [0.5, 0.6) is 5.75 Å². The largest absolute Gasteiger partial charge is 0.573 e. The van der Waals surface area contributed by atoms with Gasteiger partial charge in [-0.25, -0.2) is 4.79 Å². The second-order valence-corrected chi connectivity index (χ2v) is 7.29. The van der Waals surface area contributed by atoms with Gasteiger partial charge in [0, 0.05) is 18.7 Å². The quantitative estimate of drug-likeness (QED) is 0.491. The molecule has 0 spiro atoms. The summed E-state index contributed by atoms with van der Waals surface area (Å²) >= 11 is 1.15. The van der Waals surface area contributed by atoms with Crippen LogP contribution in [0.4, 0.5) is 18.0 Å². The van der Waals surface area contributed by atoms with Crippen molar-refractivity contribution in [2.75, 3.05) is 5.75 Å². The van der Waals surface area contributed by atoms with E-state index in [-0.39, 0.29) is 24.5 Å². The van der Waals surface area contributed by atoms with Crippen molar-refractivity contribution in [3.63, 3.8) is 0 Å². The molecule has 3 amide bonds. The van der Waals surface area contributed by atoms with Gasteiger partial charge in [0.2, 0.25) is 11.1 Å². The summed E-state index contributed by atoms with van der Waals surface area (Å²) in [5, 5.41) is 16.3. The van der Waals surface area contributed by atoms with Gasteiger partial charge in [0.15, 0.2) is 0 Å². The van der Waals surface area contributed by atoms with E-state index >= 15 is 0 Å². The van der Waals surface area contributed by atoms with E-state index in [0.29, 0.717) is 10.8 Å². The molecular formula is C19H17F3N6O3S. The zero-order chi connectivity index (χ0) is 23.0. The molecule has 32 heavy (non-hydrogen) atoms. The van der Waals surface area contributed by atoms with Crippen molar-refractivity contribution in [3.05, 3.63) is 60.2 Å². The molecule has 0 radical (unpaired) electrons. The van der Waals surface area contributed by atoms with E-state index in [0.717, 1.165) is 29.5 Å². The summed E-state index contributed by atoms with van der Waals surface area (Å²) < 4.78 is 41.9. The number of amides is 3. The fourth-order valence-corrected chi connectivity index (χ4v) is 3.30. The van der Waals surface area contributed by atoms with Crippen LogP contribution in [0.3, 0.4) is 0 Å². The Morgan fingerprint density at radius 3 is 2.47 bits per heavy atom. The van der Waals surface area contributed by atoms with Crippen LogP contribution < -0.4 is 15.4 Å². The molecule has 0 fully saturated rings. The van der Waals surface area contributed by atoms with Gasteiger partial charge in [-0.1, -0.05) is 42.1 Å². The van der Waals surface area contributed by atoms with Crippen LogP contribution in [0.2, 0.25) is 0 Å². The van der Waals surface area contributed by atoms with Gasteiger partial charge in [-0.3, -0.25) is 10.1 Å². The molecule has 2 aromatic carbocycles. The number of nitrogens with one attached hydrogen (secondary N) is 2. The Balaban J connectivity index is 1.45. The van der Waals surface area contributed by atoms with Gasteiger partial charge in [-0.15, -0.1) is 18.3 Å². The van der Waals surface area contributed by atoms with Gasteiger partial charge < -0.3 is 10.1 Å². The predicted octanol–water partition coefficient (Wildman–Crippen LogP) is 3.07. The van der Waals surface area contributed by atoms with E-state index in [1.54, 1.807) is 0 Å². The highest BCUT2D eigenvalue weighted by atomic mass is 32.2. The molecule has 9 nitrogen and oxygen atoms in total.